The molecule has 0 fully saturated rings. The molecular formula is C11H17N5S. The van der Waals surface area contributed by atoms with Crippen LogP contribution in [0.15, 0.2) is 12.4 Å². The number of aryl methyl sites for hydroxylation is 2. The smallest absolute Gasteiger partial charge is 0.195 e. The first-order chi connectivity index (χ1) is 8.08. The SMILES string of the molecule is Cc1cnn(CCn2c(C(C)C)n[nH]c2=S)c1. The second-order valence-electron chi connectivity index (χ2n) is 4.47. The van der Waals surface area contributed by atoms with Gasteiger partial charge in [0.15, 0.2) is 4.77 Å². The van der Waals surface area contributed by atoms with Crippen molar-refractivity contribution in [3.63, 3.8) is 0 Å². The minimum Gasteiger partial charge on any atom is -0.302 e. The van der Waals surface area contributed by atoms with Crippen molar-refractivity contribution in [3.8, 4) is 0 Å². The fourth-order valence-electron chi connectivity index (χ4n) is 1.78. The molecule has 0 aliphatic heterocycles. The van der Waals surface area contributed by atoms with Gasteiger partial charge in [0.2, 0.25) is 0 Å². The number of hydrogen-bond donors (Lipinski definition) is 1. The molecule has 17 heavy (non-hydrogen) atoms. The van der Waals surface area contributed by atoms with Crippen LogP contribution in [-0.4, -0.2) is 24.5 Å². The van der Waals surface area contributed by atoms with Crippen molar-refractivity contribution in [1.29, 1.82) is 0 Å². The van der Waals surface area contributed by atoms with E-state index in [9.17, 15) is 0 Å². The van der Waals surface area contributed by atoms with Gasteiger partial charge in [0.25, 0.3) is 0 Å². The Morgan fingerprint density at radius 3 is 2.76 bits per heavy atom. The van der Waals surface area contributed by atoms with Gasteiger partial charge in [-0.05, 0) is 24.7 Å². The number of aromatic amines is 1. The Labute approximate surface area is 105 Å². The third-order valence-electron chi connectivity index (χ3n) is 2.62. The third kappa shape index (κ3) is 2.63. The van der Waals surface area contributed by atoms with E-state index in [2.05, 4.69) is 29.1 Å². The predicted octanol–water partition coefficient (Wildman–Crippen LogP) is 2.27. The second kappa shape index (κ2) is 4.83. The van der Waals surface area contributed by atoms with E-state index in [1.165, 1.54) is 5.56 Å². The molecule has 2 heterocycles. The summed E-state index contributed by atoms with van der Waals surface area (Å²) in [7, 11) is 0. The van der Waals surface area contributed by atoms with Gasteiger partial charge < -0.3 is 4.57 Å². The van der Waals surface area contributed by atoms with E-state index in [-0.39, 0.29) is 0 Å². The minimum absolute atomic E-state index is 0.363. The van der Waals surface area contributed by atoms with Crippen LogP contribution in [0.2, 0.25) is 0 Å². The zero-order valence-corrected chi connectivity index (χ0v) is 11.2. The number of H-pyrrole nitrogens is 1. The van der Waals surface area contributed by atoms with Crippen molar-refractivity contribution in [2.45, 2.75) is 39.8 Å². The average Bonchev–Trinajstić information content (AvgIpc) is 2.82. The van der Waals surface area contributed by atoms with Gasteiger partial charge in [-0.3, -0.25) is 9.78 Å². The van der Waals surface area contributed by atoms with Crippen molar-refractivity contribution >= 4 is 12.2 Å². The summed E-state index contributed by atoms with van der Waals surface area (Å²) in [4.78, 5) is 0. The molecule has 2 aromatic rings. The van der Waals surface area contributed by atoms with Crippen molar-refractivity contribution in [3.05, 3.63) is 28.6 Å². The Kier molecular flexibility index (Phi) is 3.42. The van der Waals surface area contributed by atoms with E-state index < -0.39 is 0 Å². The standard InChI is InChI=1S/C11H17N5S/c1-8(2)10-13-14-11(17)16(10)5-4-15-7-9(3)6-12-15/h6-8H,4-5H2,1-3H3,(H,14,17). The maximum atomic E-state index is 5.23. The predicted molar refractivity (Wildman–Crippen MR) is 68.5 cm³/mol. The van der Waals surface area contributed by atoms with E-state index >= 15 is 0 Å². The first-order valence-electron chi connectivity index (χ1n) is 5.72. The number of hydrogen-bond acceptors (Lipinski definition) is 3. The third-order valence-corrected chi connectivity index (χ3v) is 2.93. The highest BCUT2D eigenvalue weighted by atomic mass is 32.1. The summed E-state index contributed by atoms with van der Waals surface area (Å²) < 4.78 is 4.64. The lowest BCUT2D eigenvalue weighted by molar-refractivity contribution is 0.508. The molecule has 0 aliphatic rings. The van der Waals surface area contributed by atoms with Gasteiger partial charge in [-0.25, -0.2) is 0 Å². The van der Waals surface area contributed by atoms with Crippen LogP contribution in [0.4, 0.5) is 0 Å². The summed E-state index contributed by atoms with van der Waals surface area (Å²) in [5.74, 6) is 1.36. The Morgan fingerprint density at radius 2 is 2.18 bits per heavy atom. The Morgan fingerprint density at radius 1 is 1.41 bits per heavy atom. The Hall–Kier alpha value is -1.43. The zero-order valence-electron chi connectivity index (χ0n) is 10.3. The van der Waals surface area contributed by atoms with Crippen LogP contribution >= 0.6 is 12.2 Å². The maximum absolute atomic E-state index is 5.23. The molecule has 0 amide bonds. The molecule has 0 unspecified atom stereocenters. The molecule has 6 heteroatoms. The van der Waals surface area contributed by atoms with Gasteiger partial charge in [-0.1, -0.05) is 13.8 Å². The molecule has 0 bridgehead atoms. The molecule has 0 aromatic carbocycles. The molecule has 0 saturated carbocycles. The number of aromatic nitrogens is 5. The van der Waals surface area contributed by atoms with E-state index in [4.69, 9.17) is 12.2 Å². The van der Waals surface area contributed by atoms with Crippen LogP contribution in [0.5, 0.6) is 0 Å². The van der Waals surface area contributed by atoms with Gasteiger partial charge in [-0.2, -0.15) is 10.2 Å². The first kappa shape index (κ1) is 12.0. The Balaban J connectivity index is 2.13. The van der Waals surface area contributed by atoms with E-state index in [1.807, 2.05) is 28.6 Å². The zero-order chi connectivity index (χ0) is 12.4. The fraction of sp³-hybridized carbons (Fsp3) is 0.545. The number of rotatable bonds is 4. The lowest BCUT2D eigenvalue weighted by Gasteiger charge is -2.08. The van der Waals surface area contributed by atoms with E-state index in [0.29, 0.717) is 10.7 Å². The maximum Gasteiger partial charge on any atom is 0.195 e. The lowest BCUT2D eigenvalue weighted by atomic mass is 10.2. The highest BCUT2D eigenvalue weighted by Gasteiger charge is 2.09. The molecule has 1 N–H and O–H groups in total. The largest absolute Gasteiger partial charge is 0.302 e. The van der Waals surface area contributed by atoms with Crippen molar-refractivity contribution in [2.75, 3.05) is 0 Å². The molecular weight excluding hydrogens is 234 g/mol. The lowest BCUT2D eigenvalue weighted by Crippen LogP contribution is -2.11. The van der Waals surface area contributed by atoms with Gasteiger partial charge in [0.1, 0.15) is 5.82 Å². The van der Waals surface area contributed by atoms with Gasteiger partial charge in [-0.15, -0.1) is 0 Å². The summed E-state index contributed by atoms with van der Waals surface area (Å²) in [6, 6.07) is 0. The molecule has 0 spiro atoms. The molecule has 0 aliphatic carbocycles. The number of nitrogens with one attached hydrogen (secondary N) is 1. The van der Waals surface area contributed by atoms with Gasteiger partial charge in [0, 0.05) is 18.7 Å². The molecule has 5 nitrogen and oxygen atoms in total. The topological polar surface area (TPSA) is 51.4 Å². The fourth-order valence-corrected chi connectivity index (χ4v) is 2.01. The van der Waals surface area contributed by atoms with Gasteiger partial charge in [0.05, 0.1) is 12.7 Å². The molecule has 0 saturated heterocycles. The van der Waals surface area contributed by atoms with Crippen LogP contribution in [-0.2, 0) is 13.1 Å². The minimum atomic E-state index is 0.363. The molecule has 2 rings (SSSR count). The summed E-state index contributed by atoms with van der Waals surface area (Å²) in [5.41, 5.74) is 1.17. The van der Waals surface area contributed by atoms with Crippen molar-refractivity contribution in [1.82, 2.24) is 24.5 Å². The summed E-state index contributed by atoms with van der Waals surface area (Å²) in [6.45, 7) is 7.86. The highest BCUT2D eigenvalue weighted by Crippen LogP contribution is 2.11. The summed E-state index contributed by atoms with van der Waals surface area (Å²) in [6.07, 6.45) is 3.89. The van der Waals surface area contributed by atoms with Crippen LogP contribution in [0.25, 0.3) is 0 Å². The quantitative estimate of drug-likeness (QED) is 0.848. The Bertz CT molecular complexity index is 548. The van der Waals surface area contributed by atoms with Crippen molar-refractivity contribution < 1.29 is 0 Å². The van der Waals surface area contributed by atoms with Crippen LogP contribution in [0, 0.1) is 11.7 Å². The monoisotopic (exact) mass is 251 g/mol. The van der Waals surface area contributed by atoms with Crippen molar-refractivity contribution in [2.24, 2.45) is 0 Å². The average molecular weight is 251 g/mol. The van der Waals surface area contributed by atoms with Gasteiger partial charge >= 0.3 is 0 Å². The van der Waals surface area contributed by atoms with Crippen LogP contribution in [0.3, 0.4) is 0 Å². The normalized spacial score (nSPS) is 11.3. The molecule has 92 valence electrons. The van der Waals surface area contributed by atoms with Crippen LogP contribution in [0.1, 0.15) is 31.2 Å². The first-order valence-corrected chi connectivity index (χ1v) is 6.13. The molecule has 0 atom stereocenters. The highest BCUT2D eigenvalue weighted by molar-refractivity contribution is 7.71. The molecule has 2 aromatic heterocycles. The summed E-state index contributed by atoms with van der Waals surface area (Å²) >= 11 is 5.23. The van der Waals surface area contributed by atoms with E-state index in [1.54, 1.807) is 0 Å². The summed E-state index contributed by atoms with van der Waals surface area (Å²) in [5, 5.41) is 11.4. The van der Waals surface area contributed by atoms with E-state index in [0.717, 1.165) is 18.9 Å². The second-order valence-corrected chi connectivity index (χ2v) is 4.86. The molecule has 0 radical (unpaired) electrons. The van der Waals surface area contributed by atoms with Crippen LogP contribution < -0.4 is 0 Å². The number of nitrogens with zero attached hydrogens (tertiary/aromatic N) is 4.